The van der Waals surface area contributed by atoms with Crippen LogP contribution in [0.25, 0.3) is 12.2 Å². The van der Waals surface area contributed by atoms with Crippen LogP contribution >= 0.6 is 0 Å². The molecule has 0 saturated carbocycles. The number of rotatable bonds is 2. The molecule has 0 heterocycles. The molecule has 0 aliphatic rings. The molecular formula is C13H16. The fourth-order valence-corrected chi connectivity index (χ4v) is 1.51. The van der Waals surface area contributed by atoms with Gasteiger partial charge in [-0.05, 0) is 43.0 Å². The van der Waals surface area contributed by atoms with Gasteiger partial charge in [0, 0.05) is 0 Å². The summed E-state index contributed by atoms with van der Waals surface area (Å²) in [5.41, 5.74) is 5.13. The number of benzene rings is 1. The van der Waals surface area contributed by atoms with Gasteiger partial charge in [-0.15, -0.1) is 0 Å². The van der Waals surface area contributed by atoms with Gasteiger partial charge in [-0.25, -0.2) is 0 Å². The summed E-state index contributed by atoms with van der Waals surface area (Å²) in [5.74, 6) is 0. The van der Waals surface area contributed by atoms with Gasteiger partial charge in [0.25, 0.3) is 0 Å². The maximum atomic E-state index is 3.84. The summed E-state index contributed by atoms with van der Waals surface area (Å²) in [6.07, 6.45) is 6.13. The van der Waals surface area contributed by atoms with Crippen LogP contribution in [-0.4, -0.2) is 0 Å². The van der Waals surface area contributed by atoms with E-state index in [1.165, 1.54) is 22.3 Å². The highest BCUT2D eigenvalue weighted by molar-refractivity contribution is 5.69. The van der Waals surface area contributed by atoms with E-state index in [0.29, 0.717) is 0 Å². The molecule has 0 nitrogen and oxygen atoms in total. The van der Waals surface area contributed by atoms with Crippen LogP contribution in [0, 0.1) is 13.8 Å². The van der Waals surface area contributed by atoms with Crippen molar-refractivity contribution in [1.29, 1.82) is 0 Å². The van der Waals surface area contributed by atoms with Gasteiger partial charge < -0.3 is 0 Å². The topological polar surface area (TPSA) is 0 Å². The van der Waals surface area contributed by atoms with Crippen LogP contribution in [0.2, 0.25) is 0 Å². The molecule has 0 atom stereocenters. The van der Waals surface area contributed by atoms with Crippen molar-refractivity contribution in [3.8, 4) is 0 Å². The van der Waals surface area contributed by atoms with Crippen LogP contribution in [0.4, 0.5) is 0 Å². The van der Waals surface area contributed by atoms with Crippen LogP contribution in [0.1, 0.15) is 29.2 Å². The van der Waals surface area contributed by atoms with Crippen LogP contribution in [0.15, 0.2) is 24.8 Å². The van der Waals surface area contributed by atoms with Gasteiger partial charge in [-0.1, -0.05) is 36.9 Å². The molecule has 0 unspecified atom stereocenters. The van der Waals surface area contributed by atoms with Crippen LogP contribution in [0.3, 0.4) is 0 Å². The quantitative estimate of drug-likeness (QED) is 0.633. The lowest BCUT2D eigenvalue weighted by atomic mass is 9.97. The number of aryl methyl sites for hydroxylation is 2. The summed E-state index contributed by atoms with van der Waals surface area (Å²) in [4.78, 5) is 0. The normalized spacial score (nSPS) is 10.7. The fraction of sp³-hybridized carbons (Fsp3) is 0.231. The van der Waals surface area contributed by atoms with Gasteiger partial charge in [0.15, 0.2) is 0 Å². The third-order valence-corrected chi connectivity index (χ3v) is 2.26. The van der Waals surface area contributed by atoms with Crippen molar-refractivity contribution in [2.75, 3.05) is 0 Å². The number of hydrogen-bond donors (Lipinski definition) is 0. The maximum absolute atomic E-state index is 3.84. The molecule has 0 aliphatic heterocycles. The molecule has 0 fully saturated rings. The van der Waals surface area contributed by atoms with Gasteiger partial charge in [-0.2, -0.15) is 0 Å². The molecule has 0 saturated heterocycles. The Kier molecular flexibility index (Phi) is 3.07. The third-order valence-electron chi connectivity index (χ3n) is 2.26. The smallest absolute Gasteiger partial charge is 0.0156 e. The average molecular weight is 172 g/mol. The second-order valence-corrected chi connectivity index (χ2v) is 3.23. The molecule has 0 aliphatic carbocycles. The second kappa shape index (κ2) is 4.08. The van der Waals surface area contributed by atoms with E-state index in [-0.39, 0.29) is 0 Å². The Bertz CT molecular complexity index is 343. The van der Waals surface area contributed by atoms with E-state index < -0.39 is 0 Å². The SMILES string of the molecule is C=Cc1c(C)ccc(C)c1/C=C\C. The molecule has 0 aromatic heterocycles. The minimum absolute atomic E-state index is 1.25. The summed E-state index contributed by atoms with van der Waals surface area (Å²) in [6, 6.07) is 4.29. The van der Waals surface area contributed by atoms with Crippen molar-refractivity contribution in [3.63, 3.8) is 0 Å². The maximum Gasteiger partial charge on any atom is -0.0156 e. The molecule has 0 N–H and O–H groups in total. The Hall–Kier alpha value is -1.30. The van der Waals surface area contributed by atoms with Crippen molar-refractivity contribution >= 4 is 12.2 Å². The Balaban J connectivity index is 3.42. The monoisotopic (exact) mass is 172 g/mol. The molecular weight excluding hydrogens is 156 g/mol. The molecule has 0 radical (unpaired) electrons. The summed E-state index contributed by atoms with van der Waals surface area (Å²) >= 11 is 0. The van der Waals surface area contributed by atoms with Gasteiger partial charge in [0.2, 0.25) is 0 Å². The van der Waals surface area contributed by atoms with Crippen molar-refractivity contribution < 1.29 is 0 Å². The molecule has 68 valence electrons. The Morgan fingerprint density at radius 1 is 1.08 bits per heavy atom. The van der Waals surface area contributed by atoms with Gasteiger partial charge >= 0.3 is 0 Å². The predicted molar refractivity (Wildman–Crippen MR) is 60.7 cm³/mol. The van der Waals surface area contributed by atoms with Gasteiger partial charge in [0.1, 0.15) is 0 Å². The van der Waals surface area contributed by atoms with Crippen molar-refractivity contribution in [2.24, 2.45) is 0 Å². The zero-order valence-electron chi connectivity index (χ0n) is 8.59. The van der Waals surface area contributed by atoms with E-state index >= 15 is 0 Å². The Morgan fingerprint density at radius 2 is 1.62 bits per heavy atom. The minimum Gasteiger partial charge on any atom is -0.0984 e. The summed E-state index contributed by atoms with van der Waals surface area (Å²) in [5, 5.41) is 0. The molecule has 1 aromatic carbocycles. The molecule has 0 amide bonds. The first kappa shape index (κ1) is 9.79. The largest absolute Gasteiger partial charge is 0.0984 e. The van der Waals surface area contributed by atoms with E-state index in [1.807, 2.05) is 13.0 Å². The molecule has 1 rings (SSSR count). The summed E-state index contributed by atoms with van der Waals surface area (Å²) in [7, 11) is 0. The lowest BCUT2D eigenvalue weighted by Crippen LogP contribution is -1.89. The highest BCUT2D eigenvalue weighted by atomic mass is 14.1. The first-order valence-corrected chi connectivity index (χ1v) is 4.56. The number of hydrogen-bond acceptors (Lipinski definition) is 0. The van der Waals surface area contributed by atoms with E-state index in [2.05, 4.69) is 44.7 Å². The molecule has 0 spiro atoms. The third kappa shape index (κ3) is 1.89. The lowest BCUT2D eigenvalue weighted by molar-refractivity contribution is 1.35. The highest BCUT2D eigenvalue weighted by Gasteiger charge is 2.01. The summed E-state index contributed by atoms with van der Waals surface area (Å²) in [6.45, 7) is 10.1. The molecule has 0 bridgehead atoms. The van der Waals surface area contributed by atoms with Crippen LogP contribution < -0.4 is 0 Å². The van der Waals surface area contributed by atoms with E-state index in [9.17, 15) is 0 Å². The zero-order valence-corrected chi connectivity index (χ0v) is 8.59. The Labute approximate surface area is 80.6 Å². The standard InChI is InChI=1S/C13H16/c1-5-7-13-11(4)9-8-10(3)12(13)6-2/h5-9H,2H2,1,3-4H3/b7-5-. The molecule has 1 aromatic rings. The minimum atomic E-state index is 1.25. The Morgan fingerprint density at radius 3 is 2.08 bits per heavy atom. The van der Waals surface area contributed by atoms with Gasteiger partial charge in [0.05, 0.1) is 0 Å². The van der Waals surface area contributed by atoms with E-state index in [1.54, 1.807) is 0 Å². The van der Waals surface area contributed by atoms with E-state index in [0.717, 1.165) is 0 Å². The first-order valence-electron chi connectivity index (χ1n) is 4.56. The highest BCUT2D eigenvalue weighted by Crippen LogP contribution is 2.20. The van der Waals surface area contributed by atoms with Crippen molar-refractivity contribution in [1.82, 2.24) is 0 Å². The molecule has 0 heteroatoms. The van der Waals surface area contributed by atoms with E-state index in [4.69, 9.17) is 0 Å². The van der Waals surface area contributed by atoms with Crippen molar-refractivity contribution in [2.45, 2.75) is 20.8 Å². The van der Waals surface area contributed by atoms with Gasteiger partial charge in [-0.3, -0.25) is 0 Å². The lowest BCUT2D eigenvalue weighted by Gasteiger charge is -2.08. The first-order chi connectivity index (χ1) is 6.20. The fourth-order valence-electron chi connectivity index (χ4n) is 1.51. The predicted octanol–water partition coefficient (Wildman–Crippen LogP) is 3.98. The average Bonchev–Trinajstić information content (AvgIpc) is 2.12. The summed E-state index contributed by atoms with van der Waals surface area (Å²) < 4.78 is 0. The zero-order chi connectivity index (χ0) is 9.84. The molecule has 13 heavy (non-hydrogen) atoms. The van der Waals surface area contributed by atoms with Crippen molar-refractivity contribution in [3.05, 3.63) is 47.0 Å². The van der Waals surface area contributed by atoms with Crippen LogP contribution in [-0.2, 0) is 0 Å². The second-order valence-electron chi connectivity index (χ2n) is 3.23. The number of allylic oxidation sites excluding steroid dienone is 1. The van der Waals surface area contributed by atoms with Crippen LogP contribution in [0.5, 0.6) is 0 Å².